The van der Waals surface area contributed by atoms with Gasteiger partial charge in [-0.1, -0.05) is 50.1 Å². The van der Waals surface area contributed by atoms with Gasteiger partial charge >= 0.3 is 0 Å². The number of hydrogen-bond donors (Lipinski definition) is 1. The van der Waals surface area contributed by atoms with Crippen LogP contribution < -0.4 is 5.32 Å². The first-order chi connectivity index (χ1) is 6.61. The van der Waals surface area contributed by atoms with E-state index in [1.54, 1.807) is 6.92 Å². The van der Waals surface area contributed by atoms with Crippen molar-refractivity contribution in [2.24, 2.45) is 0 Å². The Balaban J connectivity index is 2.54. The third-order valence-corrected chi connectivity index (χ3v) is 2.96. The zero-order chi connectivity index (χ0) is 10.6. The Morgan fingerprint density at radius 3 is 2.71 bits per heavy atom. The highest BCUT2D eigenvalue weighted by atomic mass is 79.9. The Bertz CT molecular complexity index is 326. The van der Waals surface area contributed by atoms with Crippen molar-refractivity contribution in [1.29, 1.82) is 0 Å². The third-order valence-electron chi connectivity index (χ3n) is 1.77. The van der Waals surface area contributed by atoms with E-state index in [0.717, 1.165) is 10.0 Å². The SMILES string of the molecule is CC(Br)C(=O)NCc1ccccc1Br. The number of rotatable bonds is 3. The first-order valence-electron chi connectivity index (χ1n) is 4.26. The van der Waals surface area contributed by atoms with Crippen molar-refractivity contribution in [3.8, 4) is 0 Å². The predicted octanol–water partition coefficient (Wildman–Crippen LogP) is 2.85. The Hall–Kier alpha value is -0.350. The number of hydrogen-bond acceptors (Lipinski definition) is 1. The highest BCUT2D eigenvalue weighted by molar-refractivity contribution is 9.10. The van der Waals surface area contributed by atoms with Crippen LogP contribution in [0.15, 0.2) is 28.7 Å². The van der Waals surface area contributed by atoms with Crippen LogP contribution in [0.5, 0.6) is 0 Å². The average molecular weight is 321 g/mol. The molecule has 1 unspecified atom stereocenters. The quantitative estimate of drug-likeness (QED) is 0.853. The molecule has 1 aromatic carbocycles. The van der Waals surface area contributed by atoms with Crippen molar-refractivity contribution in [2.45, 2.75) is 18.3 Å². The van der Waals surface area contributed by atoms with Crippen LogP contribution in [0, 0.1) is 0 Å². The molecule has 1 aromatic rings. The van der Waals surface area contributed by atoms with Gasteiger partial charge in [0, 0.05) is 11.0 Å². The summed E-state index contributed by atoms with van der Waals surface area (Å²) in [5.74, 6) is 0.000697. The van der Waals surface area contributed by atoms with Crippen LogP contribution in [0.1, 0.15) is 12.5 Å². The van der Waals surface area contributed by atoms with Crippen molar-refractivity contribution in [2.75, 3.05) is 0 Å². The number of nitrogens with one attached hydrogen (secondary N) is 1. The zero-order valence-corrected chi connectivity index (χ0v) is 10.9. The second kappa shape index (κ2) is 5.51. The van der Waals surface area contributed by atoms with E-state index in [1.165, 1.54) is 0 Å². The molecule has 0 aliphatic rings. The van der Waals surface area contributed by atoms with Gasteiger partial charge in [-0.05, 0) is 18.6 Å². The van der Waals surface area contributed by atoms with Crippen LogP contribution in [-0.2, 0) is 11.3 Å². The molecule has 0 aliphatic carbocycles. The summed E-state index contributed by atoms with van der Waals surface area (Å²) in [7, 11) is 0. The van der Waals surface area contributed by atoms with Gasteiger partial charge in [-0.3, -0.25) is 4.79 Å². The van der Waals surface area contributed by atoms with Crippen molar-refractivity contribution in [3.63, 3.8) is 0 Å². The normalized spacial score (nSPS) is 12.2. The van der Waals surface area contributed by atoms with Gasteiger partial charge < -0.3 is 5.32 Å². The van der Waals surface area contributed by atoms with Crippen LogP contribution in [0.3, 0.4) is 0 Å². The molecule has 4 heteroatoms. The fourth-order valence-electron chi connectivity index (χ4n) is 0.965. The van der Waals surface area contributed by atoms with Crippen molar-refractivity contribution >= 4 is 37.8 Å². The first-order valence-corrected chi connectivity index (χ1v) is 5.97. The second-order valence-corrected chi connectivity index (χ2v) is 5.15. The minimum atomic E-state index is -0.148. The summed E-state index contributed by atoms with van der Waals surface area (Å²) in [6.07, 6.45) is 0. The van der Waals surface area contributed by atoms with E-state index >= 15 is 0 Å². The minimum Gasteiger partial charge on any atom is -0.351 e. The molecular formula is C10H11Br2NO. The highest BCUT2D eigenvalue weighted by Crippen LogP contribution is 2.15. The molecule has 0 saturated carbocycles. The summed E-state index contributed by atoms with van der Waals surface area (Å²) in [4.78, 5) is 11.1. The maximum Gasteiger partial charge on any atom is 0.233 e. The molecule has 0 aliphatic heterocycles. The molecule has 0 heterocycles. The predicted molar refractivity (Wildman–Crippen MR) is 64.4 cm³/mol. The Morgan fingerprint density at radius 2 is 2.14 bits per heavy atom. The van der Waals surface area contributed by atoms with Gasteiger partial charge in [0.2, 0.25) is 5.91 Å². The molecule has 76 valence electrons. The van der Waals surface area contributed by atoms with E-state index in [4.69, 9.17) is 0 Å². The minimum absolute atomic E-state index is 0.000697. The molecule has 2 nitrogen and oxygen atoms in total. The molecular weight excluding hydrogens is 310 g/mol. The summed E-state index contributed by atoms with van der Waals surface area (Å²) < 4.78 is 1.02. The summed E-state index contributed by atoms with van der Waals surface area (Å²) in [6.45, 7) is 2.35. The lowest BCUT2D eigenvalue weighted by Crippen LogP contribution is -2.28. The summed E-state index contributed by atoms with van der Waals surface area (Å²) in [5, 5.41) is 2.82. The third kappa shape index (κ3) is 3.42. The van der Waals surface area contributed by atoms with Gasteiger partial charge in [-0.25, -0.2) is 0 Å². The van der Waals surface area contributed by atoms with Gasteiger partial charge in [0.15, 0.2) is 0 Å². The van der Waals surface area contributed by atoms with Crippen molar-refractivity contribution < 1.29 is 4.79 Å². The molecule has 0 saturated heterocycles. The topological polar surface area (TPSA) is 29.1 Å². The summed E-state index contributed by atoms with van der Waals surface area (Å²) in [6, 6.07) is 7.83. The molecule has 1 atom stereocenters. The lowest BCUT2D eigenvalue weighted by Gasteiger charge is -2.07. The Kier molecular flexibility index (Phi) is 4.62. The number of benzene rings is 1. The van der Waals surface area contributed by atoms with E-state index < -0.39 is 0 Å². The average Bonchev–Trinajstić information content (AvgIpc) is 2.16. The lowest BCUT2D eigenvalue weighted by molar-refractivity contribution is -0.120. The van der Waals surface area contributed by atoms with Gasteiger partial charge in [0.25, 0.3) is 0 Å². The standard InChI is InChI=1S/C10H11Br2NO/c1-7(11)10(14)13-6-8-4-2-3-5-9(8)12/h2-5,7H,6H2,1H3,(H,13,14). The van der Waals surface area contributed by atoms with Gasteiger partial charge in [0.1, 0.15) is 0 Å². The van der Waals surface area contributed by atoms with E-state index in [0.29, 0.717) is 6.54 Å². The summed E-state index contributed by atoms with van der Waals surface area (Å²) >= 11 is 6.63. The van der Waals surface area contributed by atoms with Crippen LogP contribution in [0.25, 0.3) is 0 Å². The van der Waals surface area contributed by atoms with E-state index in [-0.39, 0.29) is 10.7 Å². The molecule has 0 fully saturated rings. The molecule has 0 aromatic heterocycles. The fraction of sp³-hybridized carbons (Fsp3) is 0.300. The first kappa shape index (κ1) is 11.7. The van der Waals surface area contributed by atoms with Gasteiger partial charge in [0.05, 0.1) is 4.83 Å². The number of carbonyl (C=O) groups is 1. The number of carbonyl (C=O) groups excluding carboxylic acids is 1. The maximum atomic E-state index is 11.3. The molecule has 1 rings (SSSR count). The monoisotopic (exact) mass is 319 g/mol. The molecule has 1 amide bonds. The van der Waals surface area contributed by atoms with E-state index in [2.05, 4.69) is 37.2 Å². The molecule has 0 radical (unpaired) electrons. The number of halogens is 2. The Morgan fingerprint density at radius 1 is 1.50 bits per heavy atom. The zero-order valence-electron chi connectivity index (χ0n) is 7.76. The maximum absolute atomic E-state index is 11.3. The fourth-order valence-corrected chi connectivity index (χ4v) is 1.55. The molecule has 1 N–H and O–H groups in total. The highest BCUT2D eigenvalue weighted by Gasteiger charge is 2.08. The summed E-state index contributed by atoms with van der Waals surface area (Å²) in [5.41, 5.74) is 1.08. The number of alkyl halides is 1. The number of amides is 1. The van der Waals surface area contributed by atoms with Crippen molar-refractivity contribution in [1.82, 2.24) is 5.32 Å². The molecule has 0 spiro atoms. The smallest absolute Gasteiger partial charge is 0.233 e. The molecule has 0 bridgehead atoms. The van der Waals surface area contributed by atoms with Gasteiger partial charge in [-0.2, -0.15) is 0 Å². The van der Waals surface area contributed by atoms with Gasteiger partial charge in [-0.15, -0.1) is 0 Å². The van der Waals surface area contributed by atoms with E-state index in [9.17, 15) is 4.79 Å². The largest absolute Gasteiger partial charge is 0.351 e. The van der Waals surface area contributed by atoms with Crippen molar-refractivity contribution in [3.05, 3.63) is 34.3 Å². The van der Waals surface area contributed by atoms with E-state index in [1.807, 2.05) is 24.3 Å². The molecule has 14 heavy (non-hydrogen) atoms. The van der Waals surface area contributed by atoms with Crippen LogP contribution >= 0.6 is 31.9 Å². The van der Waals surface area contributed by atoms with Crippen LogP contribution in [0.2, 0.25) is 0 Å². The second-order valence-electron chi connectivity index (χ2n) is 2.93. The lowest BCUT2D eigenvalue weighted by atomic mass is 10.2. The van der Waals surface area contributed by atoms with Crippen LogP contribution in [0.4, 0.5) is 0 Å². The Labute approximate surface area is 100 Å². The van der Waals surface area contributed by atoms with Crippen LogP contribution in [-0.4, -0.2) is 10.7 Å².